The zero-order valence-corrected chi connectivity index (χ0v) is 39.4. The van der Waals surface area contributed by atoms with E-state index in [0.717, 1.165) is 0 Å². The fraction of sp³-hybridized carbons (Fsp3) is 0.226. The Kier molecular flexibility index (Phi) is 7.00. The number of allylic oxidation sites excluding steroid dienone is 2. The average Bonchev–Trinajstić information content (AvgIpc) is 3.93. The highest BCUT2D eigenvalue weighted by molar-refractivity contribution is 7.09. The van der Waals surface area contributed by atoms with E-state index in [1.165, 1.54) is 132 Å². The van der Waals surface area contributed by atoms with E-state index in [0.29, 0.717) is 0 Å². The van der Waals surface area contributed by atoms with E-state index in [2.05, 4.69) is 214 Å². The second kappa shape index (κ2) is 11.8. The van der Waals surface area contributed by atoms with Gasteiger partial charge in [-0.25, -0.2) is 0 Å². The highest BCUT2D eigenvalue weighted by Gasteiger charge is 2.46. The molecule has 8 aromatic carbocycles. The minimum atomic E-state index is -2.26. The Bertz CT molecular complexity index is 3290. The third-order valence-corrected chi connectivity index (χ3v) is 20.7. The Morgan fingerprint density at radius 1 is 0.286 bits per heavy atom. The van der Waals surface area contributed by atoms with Crippen LogP contribution in [0.2, 0.25) is 13.1 Å². The average molecular weight is 827 g/mol. The molecule has 0 saturated heterocycles. The summed E-state index contributed by atoms with van der Waals surface area (Å²) in [6.45, 7) is 24.7. The van der Waals surface area contributed by atoms with Gasteiger partial charge in [0, 0.05) is 21.7 Å². The molecule has 0 spiro atoms. The number of benzene rings is 8. The summed E-state index contributed by atoms with van der Waals surface area (Å²) in [6.07, 6.45) is 5.04. The van der Waals surface area contributed by atoms with Crippen molar-refractivity contribution in [2.45, 2.75) is 90.1 Å². The molecule has 0 bridgehead atoms. The van der Waals surface area contributed by atoms with Crippen LogP contribution < -0.4 is 0 Å². The molecule has 0 nitrogen and oxygen atoms in total. The number of hydrogen-bond donors (Lipinski definition) is 0. The van der Waals surface area contributed by atoms with Crippen molar-refractivity contribution in [1.29, 1.82) is 0 Å². The van der Waals surface area contributed by atoms with Crippen LogP contribution in [-0.2, 0) is 21.7 Å². The van der Waals surface area contributed by atoms with Crippen molar-refractivity contribution in [2.75, 3.05) is 0 Å². The maximum Gasteiger partial charge on any atom is 0.113 e. The number of hydrogen-bond acceptors (Lipinski definition) is 0. The molecule has 13 rings (SSSR count). The van der Waals surface area contributed by atoms with Gasteiger partial charge in [0.1, 0.15) is 8.07 Å². The normalized spacial score (nSPS) is 18.8. The number of rotatable bonds is 2. The SMILES string of the molecule is CC1(C)c2ccccc2-c2cc3c(cc21)-c1c(cc(C2=CC=C(c4cc5c(c6ccccc46)-c4cc6c(cc4C5(C)C)-c4ccccc4C6(C)C)[Si]2(C)C)c2ccccc12)C3(C)C. The molecular formula is C62H54Si. The molecule has 0 saturated carbocycles. The molecule has 8 aromatic rings. The highest BCUT2D eigenvalue weighted by Crippen LogP contribution is 2.61. The summed E-state index contributed by atoms with van der Waals surface area (Å²) < 4.78 is 0. The van der Waals surface area contributed by atoms with Crippen molar-refractivity contribution < 1.29 is 0 Å². The van der Waals surface area contributed by atoms with Gasteiger partial charge in [-0.05, 0) is 168 Å². The van der Waals surface area contributed by atoms with Crippen molar-refractivity contribution in [2.24, 2.45) is 0 Å². The molecule has 0 fully saturated rings. The standard InChI is InChI=1S/C62H54Si/c1-59(2)47-25-17-15-21-37(47)41-29-51-45(33-49(41)59)57-39-23-13-11-19-35(39)43(31-53(57)61(51,5)6)55-27-28-56(63(55,9)10)44-32-54-58(40-24-14-12-20-36(40)44)46-34-50-42(30-52(46)62(54,7)8)38-22-16-18-26-48(38)60(50,3)4/h11-34H,1-10H3. The first-order valence-corrected chi connectivity index (χ1v) is 26.2. The van der Waals surface area contributed by atoms with Gasteiger partial charge in [-0.3, -0.25) is 0 Å². The van der Waals surface area contributed by atoms with Gasteiger partial charge in [0.05, 0.1) is 0 Å². The van der Waals surface area contributed by atoms with Gasteiger partial charge < -0.3 is 0 Å². The molecule has 4 aliphatic carbocycles. The van der Waals surface area contributed by atoms with E-state index in [9.17, 15) is 0 Å². The molecule has 0 atom stereocenters. The largest absolute Gasteiger partial charge is 0.113 e. The molecule has 306 valence electrons. The van der Waals surface area contributed by atoms with Crippen LogP contribution in [-0.4, -0.2) is 8.07 Å². The third-order valence-electron chi connectivity index (χ3n) is 17.1. The van der Waals surface area contributed by atoms with Crippen LogP contribution in [0.5, 0.6) is 0 Å². The summed E-state index contributed by atoms with van der Waals surface area (Å²) in [6, 6.07) is 52.3. The minimum absolute atomic E-state index is 0.0428. The van der Waals surface area contributed by atoms with Crippen molar-refractivity contribution in [1.82, 2.24) is 0 Å². The van der Waals surface area contributed by atoms with Gasteiger partial charge in [-0.1, -0.05) is 178 Å². The molecule has 0 radical (unpaired) electrons. The smallest absolute Gasteiger partial charge is 0.0621 e. The van der Waals surface area contributed by atoms with Crippen LogP contribution in [0.4, 0.5) is 0 Å². The highest BCUT2D eigenvalue weighted by atomic mass is 28.3. The molecule has 1 aliphatic heterocycles. The van der Waals surface area contributed by atoms with Crippen LogP contribution >= 0.6 is 0 Å². The second-order valence-corrected chi connectivity index (χ2v) is 26.4. The number of fused-ring (bicyclic) bond motifs is 16. The molecule has 1 heterocycles. The van der Waals surface area contributed by atoms with E-state index >= 15 is 0 Å². The zero-order valence-electron chi connectivity index (χ0n) is 38.4. The first-order valence-electron chi connectivity index (χ1n) is 23.2. The Hall–Kier alpha value is -6.02. The van der Waals surface area contributed by atoms with Crippen LogP contribution in [0.15, 0.2) is 146 Å². The topological polar surface area (TPSA) is 0 Å². The van der Waals surface area contributed by atoms with Gasteiger partial charge in [0.2, 0.25) is 0 Å². The lowest BCUT2D eigenvalue weighted by Crippen LogP contribution is -2.29. The maximum absolute atomic E-state index is 2.62. The molecule has 0 amide bonds. The first kappa shape index (κ1) is 37.5. The molecule has 63 heavy (non-hydrogen) atoms. The minimum Gasteiger partial charge on any atom is -0.0621 e. The summed E-state index contributed by atoms with van der Waals surface area (Å²) in [5.74, 6) is 0. The van der Waals surface area contributed by atoms with E-state index in [1.807, 2.05) is 0 Å². The van der Waals surface area contributed by atoms with Crippen LogP contribution in [0.3, 0.4) is 0 Å². The first-order chi connectivity index (χ1) is 30.0. The van der Waals surface area contributed by atoms with Crippen LogP contribution in [0, 0.1) is 0 Å². The summed E-state index contributed by atoms with van der Waals surface area (Å²) in [5.41, 5.74) is 25.4. The van der Waals surface area contributed by atoms with E-state index in [1.54, 1.807) is 0 Å². The molecule has 0 aromatic heterocycles. The lowest BCUT2D eigenvalue weighted by Gasteiger charge is -2.30. The molecule has 0 N–H and O–H groups in total. The van der Waals surface area contributed by atoms with Gasteiger partial charge in [-0.15, -0.1) is 0 Å². The Balaban J connectivity index is 0.954. The van der Waals surface area contributed by atoms with Gasteiger partial charge in [0.15, 0.2) is 0 Å². The summed E-state index contributed by atoms with van der Waals surface area (Å²) >= 11 is 0. The van der Waals surface area contributed by atoms with E-state index in [-0.39, 0.29) is 21.7 Å². The zero-order chi connectivity index (χ0) is 43.3. The second-order valence-electron chi connectivity index (χ2n) is 22.0. The Morgan fingerprint density at radius 2 is 0.587 bits per heavy atom. The lowest BCUT2D eigenvalue weighted by molar-refractivity contribution is 0.652. The monoisotopic (exact) mass is 826 g/mol. The van der Waals surface area contributed by atoms with Crippen molar-refractivity contribution in [3.05, 3.63) is 201 Å². The lowest BCUT2D eigenvalue weighted by atomic mass is 9.79. The van der Waals surface area contributed by atoms with Gasteiger partial charge in [-0.2, -0.15) is 0 Å². The van der Waals surface area contributed by atoms with Crippen molar-refractivity contribution in [3.63, 3.8) is 0 Å². The van der Waals surface area contributed by atoms with Crippen LogP contribution in [0.25, 0.3) is 76.4 Å². The van der Waals surface area contributed by atoms with E-state index in [4.69, 9.17) is 0 Å². The maximum atomic E-state index is 2.62. The fourth-order valence-corrected chi connectivity index (χ4v) is 16.6. The fourth-order valence-electron chi connectivity index (χ4n) is 13.6. The molecule has 1 heteroatoms. The summed E-state index contributed by atoms with van der Waals surface area (Å²) in [7, 11) is -2.26. The van der Waals surface area contributed by atoms with E-state index < -0.39 is 8.07 Å². The van der Waals surface area contributed by atoms with Crippen molar-refractivity contribution in [3.8, 4) is 44.5 Å². The quantitative estimate of drug-likeness (QED) is 0.152. The summed E-state index contributed by atoms with van der Waals surface area (Å²) in [5, 5.41) is 8.57. The van der Waals surface area contributed by atoms with Crippen LogP contribution in [0.1, 0.15) is 111 Å². The predicted octanol–water partition coefficient (Wildman–Crippen LogP) is 16.5. The molecular weight excluding hydrogens is 773 g/mol. The molecule has 5 aliphatic rings. The third kappa shape index (κ3) is 4.47. The Labute approximate surface area is 374 Å². The molecule has 0 unspecified atom stereocenters. The predicted molar refractivity (Wildman–Crippen MR) is 272 cm³/mol. The Morgan fingerprint density at radius 3 is 1.00 bits per heavy atom. The van der Waals surface area contributed by atoms with Gasteiger partial charge in [0.25, 0.3) is 0 Å². The van der Waals surface area contributed by atoms with Gasteiger partial charge >= 0.3 is 0 Å². The van der Waals surface area contributed by atoms with Crippen molar-refractivity contribution >= 4 is 40.0 Å². The summed E-state index contributed by atoms with van der Waals surface area (Å²) in [4.78, 5) is 0.